The maximum Gasteiger partial charge on any atom is 0.240 e. The van der Waals surface area contributed by atoms with Gasteiger partial charge in [-0.2, -0.15) is 0 Å². The molecule has 0 aliphatic carbocycles. The molecule has 1 atom stereocenters. The third kappa shape index (κ3) is 4.23. The highest BCUT2D eigenvalue weighted by Crippen LogP contribution is 2.25. The van der Waals surface area contributed by atoms with Crippen LogP contribution in [0.2, 0.25) is 0 Å². The molecule has 2 aromatic carbocycles. The minimum Gasteiger partial charge on any atom is -0.326 e. The van der Waals surface area contributed by atoms with Gasteiger partial charge in [-0.25, -0.2) is 4.99 Å². The van der Waals surface area contributed by atoms with Crippen LogP contribution in [-0.4, -0.2) is 22.2 Å². The summed E-state index contributed by atoms with van der Waals surface area (Å²) in [6, 6.07) is 16.9. The number of carbonyl (C=O) groups is 2. The van der Waals surface area contributed by atoms with E-state index in [1.807, 2.05) is 61.5 Å². The zero-order valence-corrected chi connectivity index (χ0v) is 14.0. The van der Waals surface area contributed by atoms with Gasteiger partial charge in [-0.05, 0) is 31.2 Å². The van der Waals surface area contributed by atoms with Crippen LogP contribution in [0.5, 0.6) is 0 Å². The number of aryl methyl sites for hydroxylation is 1. The minimum absolute atomic E-state index is 0.109. The SMILES string of the molecule is Cc1ccc(NC(=O)CC2SC(=Nc3ccccc3)NC2=O)cc1. The average molecular weight is 339 g/mol. The van der Waals surface area contributed by atoms with E-state index in [0.717, 1.165) is 16.9 Å². The highest BCUT2D eigenvalue weighted by molar-refractivity contribution is 8.15. The van der Waals surface area contributed by atoms with Gasteiger partial charge in [0.1, 0.15) is 5.25 Å². The number of carbonyl (C=O) groups excluding carboxylic acids is 2. The molecule has 2 amide bonds. The first-order valence-corrected chi connectivity index (χ1v) is 8.46. The van der Waals surface area contributed by atoms with E-state index in [9.17, 15) is 9.59 Å². The maximum atomic E-state index is 12.1. The molecule has 1 aliphatic heterocycles. The van der Waals surface area contributed by atoms with Gasteiger partial charge in [0.25, 0.3) is 0 Å². The summed E-state index contributed by atoms with van der Waals surface area (Å²) in [5.41, 5.74) is 2.62. The molecule has 0 saturated carbocycles. The summed E-state index contributed by atoms with van der Waals surface area (Å²) in [5.74, 6) is -0.374. The molecular formula is C18H17N3O2S. The summed E-state index contributed by atoms with van der Waals surface area (Å²) < 4.78 is 0. The van der Waals surface area contributed by atoms with Crippen molar-refractivity contribution in [2.24, 2.45) is 4.99 Å². The van der Waals surface area contributed by atoms with E-state index in [1.165, 1.54) is 11.8 Å². The molecule has 3 rings (SSSR count). The highest BCUT2D eigenvalue weighted by atomic mass is 32.2. The van der Waals surface area contributed by atoms with Crippen molar-refractivity contribution in [2.75, 3.05) is 5.32 Å². The Bertz CT molecular complexity index is 773. The Morgan fingerprint density at radius 3 is 2.58 bits per heavy atom. The largest absolute Gasteiger partial charge is 0.326 e. The molecule has 122 valence electrons. The van der Waals surface area contributed by atoms with Crippen LogP contribution in [0.25, 0.3) is 0 Å². The van der Waals surface area contributed by atoms with E-state index in [4.69, 9.17) is 0 Å². The molecule has 1 aliphatic rings. The topological polar surface area (TPSA) is 70.6 Å². The normalized spacial score (nSPS) is 18.5. The molecule has 0 radical (unpaired) electrons. The second-order valence-electron chi connectivity index (χ2n) is 5.47. The van der Waals surface area contributed by atoms with Crippen molar-refractivity contribution in [1.29, 1.82) is 0 Å². The zero-order chi connectivity index (χ0) is 16.9. The molecule has 1 heterocycles. The van der Waals surface area contributed by atoms with Gasteiger partial charge in [-0.15, -0.1) is 0 Å². The van der Waals surface area contributed by atoms with Gasteiger partial charge in [0.2, 0.25) is 11.8 Å². The number of nitrogens with zero attached hydrogens (tertiary/aromatic N) is 1. The Kier molecular flexibility index (Phi) is 4.96. The molecule has 1 unspecified atom stereocenters. The maximum absolute atomic E-state index is 12.1. The first-order chi connectivity index (χ1) is 11.6. The first kappa shape index (κ1) is 16.3. The lowest BCUT2D eigenvalue weighted by Crippen LogP contribution is -2.28. The zero-order valence-electron chi connectivity index (χ0n) is 13.2. The number of amidine groups is 1. The van der Waals surface area contributed by atoms with E-state index < -0.39 is 5.25 Å². The van der Waals surface area contributed by atoms with E-state index in [1.54, 1.807) is 0 Å². The summed E-state index contributed by atoms with van der Waals surface area (Å²) in [4.78, 5) is 28.5. The van der Waals surface area contributed by atoms with Gasteiger partial charge < -0.3 is 10.6 Å². The molecule has 0 aromatic heterocycles. The van der Waals surface area contributed by atoms with Gasteiger partial charge >= 0.3 is 0 Å². The number of nitrogens with one attached hydrogen (secondary N) is 2. The third-order valence-electron chi connectivity index (χ3n) is 3.47. The van der Waals surface area contributed by atoms with Crippen LogP contribution in [0.3, 0.4) is 0 Å². The third-order valence-corrected chi connectivity index (χ3v) is 4.55. The Labute approximate surface area is 144 Å². The monoisotopic (exact) mass is 339 g/mol. The molecule has 0 bridgehead atoms. The summed E-state index contributed by atoms with van der Waals surface area (Å²) in [6.45, 7) is 1.98. The molecule has 5 nitrogen and oxygen atoms in total. The van der Waals surface area contributed by atoms with Gasteiger partial charge in [0.05, 0.1) is 5.69 Å². The fourth-order valence-corrected chi connectivity index (χ4v) is 3.22. The molecule has 1 fully saturated rings. The van der Waals surface area contributed by atoms with Crippen LogP contribution < -0.4 is 10.6 Å². The van der Waals surface area contributed by atoms with Crippen molar-refractivity contribution < 1.29 is 9.59 Å². The van der Waals surface area contributed by atoms with Crippen LogP contribution in [0.4, 0.5) is 11.4 Å². The van der Waals surface area contributed by atoms with Gasteiger partial charge in [-0.3, -0.25) is 9.59 Å². The highest BCUT2D eigenvalue weighted by Gasteiger charge is 2.32. The average Bonchev–Trinajstić information content (AvgIpc) is 2.90. The number of hydrogen-bond acceptors (Lipinski definition) is 4. The van der Waals surface area contributed by atoms with Crippen LogP contribution in [0.15, 0.2) is 59.6 Å². The van der Waals surface area contributed by atoms with E-state index in [0.29, 0.717) is 5.17 Å². The van der Waals surface area contributed by atoms with Crippen molar-refractivity contribution in [3.8, 4) is 0 Å². The number of anilines is 1. The Balaban J connectivity index is 1.59. The summed E-state index contributed by atoms with van der Waals surface area (Å²) >= 11 is 1.28. The number of thioether (sulfide) groups is 1. The molecule has 2 N–H and O–H groups in total. The summed E-state index contributed by atoms with van der Waals surface area (Å²) in [6.07, 6.45) is 0.109. The van der Waals surface area contributed by atoms with E-state index in [2.05, 4.69) is 15.6 Å². The number of benzene rings is 2. The Hall–Kier alpha value is -2.60. The molecule has 6 heteroatoms. The number of rotatable bonds is 4. The van der Waals surface area contributed by atoms with Crippen LogP contribution in [-0.2, 0) is 9.59 Å². The lowest BCUT2D eigenvalue weighted by atomic mass is 10.2. The number of hydrogen-bond donors (Lipinski definition) is 2. The predicted molar refractivity (Wildman–Crippen MR) is 97.5 cm³/mol. The number of para-hydroxylation sites is 1. The van der Waals surface area contributed by atoms with Crippen molar-refractivity contribution >= 4 is 40.1 Å². The molecule has 2 aromatic rings. The van der Waals surface area contributed by atoms with E-state index >= 15 is 0 Å². The standard InChI is InChI=1S/C18H17N3O2S/c1-12-7-9-14(10-8-12)19-16(22)11-15-17(23)21-18(24-15)20-13-5-3-2-4-6-13/h2-10,15H,11H2,1H3,(H,19,22)(H,20,21,23). The molecule has 1 saturated heterocycles. The van der Waals surface area contributed by atoms with Gasteiger partial charge in [-0.1, -0.05) is 47.7 Å². The molecule has 0 spiro atoms. The quantitative estimate of drug-likeness (QED) is 0.898. The summed E-state index contributed by atoms with van der Waals surface area (Å²) in [7, 11) is 0. The van der Waals surface area contributed by atoms with Crippen molar-refractivity contribution in [3.63, 3.8) is 0 Å². The first-order valence-electron chi connectivity index (χ1n) is 7.58. The van der Waals surface area contributed by atoms with Gasteiger partial charge in [0, 0.05) is 12.1 Å². The second-order valence-corrected chi connectivity index (χ2v) is 6.66. The predicted octanol–water partition coefficient (Wildman–Crippen LogP) is 3.24. The lowest BCUT2D eigenvalue weighted by Gasteiger charge is -2.07. The Morgan fingerprint density at radius 1 is 1.17 bits per heavy atom. The Morgan fingerprint density at radius 2 is 1.88 bits per heavy atom. The van der Waals surface area contributed by atoms with Crippen molar-refractivity contribution in [3.05, 3.63) is 60.2 Å². The van der Waals surface area contributed by atoms with Crippen molar-refractivity contribution in [2.45, 2.75) is 18.6 Å². The van der Waals surface area contributed by atoms with Crippen LogP contribution in [0.1, 0.15) is 12.0 Å². The smallest absolute Gasteiger partial charge is 0.240 e. The number of aliphatic imine (C=N–C) groups is 1. The molecule has 24 heavy (non-hydrogen) atoms. The summed E-state index contributed by atoms with van der Waals surface area (Å²) in [5, 5.41) is 5.60. The van der Waals surface area contributed by atoms with Crippen LogP contribution in [0, 0.1) is 6.92 Å². The minimum atomic E-state index is -0.460. The lowest BCUT2D eigenvalue weighted by molar-refractivity contribution is -0.122. The number of amides is 2. The fourth-order valence-electron chi connectivity index (χ4n) is 2.23. The van der Waals surface area contributed by atoms with Crippen LogP contribution >= 0.6 is 11.8 Å². The second kappa shape index (κ2) is 7.31. The fraction of sp³-hybridized carbons (Fsp3) is 0.167. The van der Waals surface area contributed by atoms with E-state index in [-0.39, 0.29) is 18.2 Å². The van der Waals surface area contributed by atoms with Gasteiger partial charge in [0.15, 0.2) is 5.17 Å². The molecular weight excluding hydrogens is 322 g/mol. The van der Waals surface area contributed by atoms with Crippen molar-refractivity contribution in [1.82, 2.24) is 5.32 Å².